The Hall–Kier alpha value is -3.65. The fraction of sp³-hybridized carbons (Fsp3) is 0.308. The van der Waals surface area contributed by atoms with E-state index in [-0.39, 0.29) is 17.7 Å². The molecule has 2 heterocycles. The predicted octanol–water partition coefficient (Wildman–Crippen LogP) is 5.00. The second-order valence-electron chi connectivity index (χ2n) is 9.00. The van der Waals surface area contributed by atoms with Gasteiger partial charge in [0.1, 0.15) is 23.7 Å². The number of amides is 2. The van der Waals surface area contributed by atoms with Crippen LogP contribution in [0.4, 0.5) is 17.3 Å². The van der Waals surface area contributed by atoms with Gasteiger partial charge >= 0.3 is 0 Å². The number of fused-ring (bicyclic) bond motifs is 1. The normalized spacial score (nSPS) is 14.6. The van der Waals surface area contributed by atoms with Crippen molar-refractivity contribution in [2.24, 2.45) is 5.92 Å². The molecule has 0 saturated heterocycles. The molecule has 5 rings (SSSR count). The molecule has 2 aliphatic rings. The van der Waals surface area contributed by atoms with E-state index in [0.29, 0.717) is 46.6 Å². The Bertz CT molecular complexity index is 1320. The molecule has 0 spiro atoms. The van der Waals surface area contributed by atoms with Gasteiger partial charge in [-0.1, -0.05) is 23.7 Å². The van der Waals surface area contributed by atoms with Gasteiger partial charge < -0.3 is 20.3 Å². The molecule has 2 aromatic carbocycles. The first kappa shape index (κ1) is 23.1. The fourth-order valence-electron chi connectivity index (χ4n) is 4.29. The number of halogens is 1. The topological polar surface area (TPSA) is 96.4 Å². The molecule has 8 nitrogen and oxygen atoms in total. The minimum atomic E-state index is -0.0370. The quantitative estimate of drug-likeness (QED) is 0.482. The van der Waals surface area contributed by atoms with Gasteiger partial charge in [0.05, 0.1) is 17.8 Å². The van der Waals surface area contributed by atoms with E-state index in [1.165, 1.54) is 6.33 Å². The van der Waals surface area contributed by atoms with Crippen LogP contribution < -0.4 is 15.4 Å². The van der Waals surface area contributed by atoms with Crippen molar-refractivity contribution in [3.63, 3.8) is 0 Å². The molecule has 2 amide bonds. The number of aryl methyl sites for hydroxylation is 1. The van der Waals surface area contributed by atoms with Gasteiger partial charge in [-0.15, -0.1) is 0 Å². The molecule has 1 fully saturated rings. The van der Waals surface area contributed by atoms with Crippen molar-refractivity contribution in [2.45, 2.75) is 39.8 Å². The van der Waals surface area contributed by atoms with E-state index in [9.17, 15) is 9.59 Å². The average Bonchev–Trinajstić information content (AvgIpc) is 3.65. The van der Waals surface area contributed by atoms with Crippen LogP contribution in [0.15, 0.2) is 36.7 Å². The molecule has 2 N–H and O–H groups in total. The van der Waals surface area contributed by atoms with Crippen LogP contribution in [0.25, 0.3) is 0 Å². The zero-order valence-corrected chi connectivity index (χ0v) is 20.6. The predicted molar refractivity (Wildman–Crippen MR) is 134 cm³/mol. The zero-order chi connectivity index (χ0) is 24.7. The number of hydrogen-bond donors (Lipinski definition) is 2. The van der Waals surface area contributed by atoms with E-state index in [1.54, 1.807) is 12.0 Å². The summed E-state index contributed by atoms with van der Waals surface area (Å²) in [5.41, 5.74) is 4.66. The average molecular weight is 492 g/mol. The number of carbonyl (C=O) groups excluding carboxylic acids is 2. The van der Waals surface area contributed by atoms with Crippen molar-refractivity contribution < 1.29 is 14.3 Å². The lowest BCUT2D eigenvalue weighted by Crippen LogP contribution is -2.23. The third kappa shape index (κ3) is 4.53. The van der Waals surface area contributed by atoms with Crippen LogP contribution in [0.3, 0.4) is 0 Å². The highest BCUT2D eigenvalue weighted by molar-refractivity contribution is 6.35. The largest absolute Gasteiger partial charge is 0.497 e. The summed E-state index contributed by atoms with van der Waals surface area (Å²) in [6, 6.07) is 9.53. The Labute approximate surface area is 208 Å². The second kappa shape index (κ2) is 9.19. The molecule has 1 aliphatic carbocycles. The molecule has 1 saturated carbocycles. The van der Waals surface area contributed by atoms with Crippen LogP contribution in [-0.2, 0) is 17.9 Å². The van der Waals surface area contributed by atoms with Gasteiger partial charge in [-0.3, -0.25) is 9.59 Å². The first-order valence-electron chi connectivity index (χ1n) is 11.5. The monoisotopic (exact) mass is 491 g/mol. The number of nitrogens with one attached hydrogen (secondary N) is 2. The summed E-state index contributed by atoms with van der Waals surface area (Å²) in [6.45, 7) is 4.65. The maximum absolute atomic E-state index is 13.2. The standard InChI is InChI=1S/C26H26ClN5O3/c1-14-10-20(30-23-15(2)24(29-13-28-23)31-25(33)17-6-7-17)22(27)19-12-32(26(34)21(14)19)11-16-4-8-18(35-3)9-5-16/h4-5,8-10,13,17H,6-7,11-12H2,1-3H3,(H2,28,29,30,31,33). The van der Waals surface area contributed by atoms with Crippen LogP contribution in [0.2, 0.25) is 5.02 Å². The van der Waals surface area contributed by atoms with E-state index in [2.05, 4.69) is 20.6 Å². The van der Waals surface area contributed by atoms with Crippen LogP contribution in [-0.4, -0.2) is 33.8 Å². The highest BCUT2D eigenvalue weighted by Gasteiger charge is 2.33. The number of benzene rings is 2. The Morgan fingerprint density at radius 1 is 1.17 bits per heavy atom. The van der Waals surface area contributed by atoms with E-state index < -0.39 is 0 Å². The van der Waals surface area contributed by atoms with Crippen molar-refractivity contribution in [2.75, 3.05) is 17.7 Å². The highest BCUT2D eigenvalue weighted by atomic mass is 35.5. The lowest BCUT2D eigenvalue weighted by Gasteiger charge is -2.16. The molecule has 0 radical (unpaired) electrons. The maximum Gasteiger partial charge on any atom is 0.255 e. The molecule has 3 aromatic rings. The van der Waals surface area contributed by atoms with E-state index in [0.717, 1.165) is 35.3 Å². The fourth-order valence-corrected chi connectivity index (χ4v) is 4.55. The van der Waals surface area contributed by atoms with Gasteiger partial charge in [0, 0.05) is 35.7 Å². The third-order valence-electron chi connectivity index (χ3n) is 6.47. The molecule has 0 atom stereocenters. The maximum atomic E-state index is 13.2. The van der Waals surface area contributed by atoms with Gasteiger partial charge in [0.25, 0.3) is 5.91 Å². The highest BCUT2D eigenvalue weighted by Crippen LogP contribution is 2.39. The molecule has 0 unspecified atom stereocenters. The van der Waals surface area contributed by atoms with Gasteiger partial charge in [-0.25, -0.2) is 9.97 Å². The SMILES string of the molecule is COc1ccc(CN2Cc3c(Cl)c(Nc4ncnc(NC(=O)C5CC5)c4C)cc(C)c3C2=O)cc1. The van der Waals surface area contributed by atoms with Gasteiger partial charge in [-0.05, 0) is 56.0 Å². The van der Waals surface area contributed by atoms with Crippen molar-refractivity contribution in [3.05, 3.63) is 69.5 Å². The Balaban J connectivity index is 1.38. The molecule has 180 valence electrons. The zero-order valence-electron chi connectivity index (χ0n) is 19.8. The summed E-state index contributed by atoms with van der Waals surface area (Å²) in [4.78, 5) is 35.7. The molecule has 1 aromatic heterocycles. The minimum Gasteiger partial charge on any atom is -0.497 e. The van der Waals surface area contributed by atoms with Crippen molar-refractivity contribution in [3.8, 4) is 5.75 Å². The Morgan fingerprint density at radius 2 is 1.89 bits per heavy atom. The number of anilines is 3. The number of methoxy groups -OCH3 is 1. The molecule has 35 heavy (non-hydrogen) atoms. The third-order valence-corrected chi connectivity index (χ3v) is 6.90. The molecular weight excluding hydrogens is 466 g/mol. The number of ether oxygens (including phenoxy) is 1. The van der Waals surface area contributed by atoms with Crippen LogP contribution >= 0.6 is 11.6 Å². The Kier molecular flexibility index (Phi) is 6.06. The van der Waals surface area contributed by atoms with Crippen molar-refractivity contribution in [1.82, 2.24) is 14.9 Å². The first-order valence-corrected chi connectivity index (χ1v) is 11.9. The summed E-state index contributed by atoms with van der Waals surface area (Å²) in [7, 11) is 1.63. The van der Waals surface area contributed by atoms with Crippen LogP contribution in [0.5, 0.6) is 5.75 Å². The van der Waals surface area contributed by atoms with E-state index in [1.807, 2.05) is 44.2 Å². The number of rotatable bonds is 7. The van der Waals surface area contributed by atoms with E-state index in [4.69, 9.17) is 16.3 Å². The number of nitrogens with zero attached hydrogens (tertiary/aromatic N) is 3. The molecular formula is C26H26ClN5O3. The van der Waals surface area contributed by atoms with Crippen LogP contribution in [0.1, 0.15) is 45.5 Å². The molecule has 0 bridgehead atoms. The van der Waals surface area contributed by atoms with E-state index >= 15 is 0 Å². The Morgan fingerprint density at radius 3 is 2.57 bits per heavy atom. The van der Waals surface area contributed by atoms with Gasteiger partial charge in [-0.2, -0.15) is 0 Å². The van der Waals surface area contributed by atoms with Crippen molar-refractivity contribution >= 4 is 40.7 Å². The lowest BCUT2D eigenvalue weighted by molar-refractivity contribution is -0.117. The van der Waals surface area contributed by atoms with Gasteiger partial charge in [0.15, 0.2) is 0 Å². The second-order valence-corrected chi connectivity index (χ2v) is 9.38. The number of aromatic nitrogens is 2. The smallest absolute Gasteiger partial charge is 0.255 e. The molecule has 1 aliphatic heterocycles. The number of hydrogen-bond acceptors (Lipinski definition) is 6. The lowest BCUT2D eigenvalue weighted by atomic mass is 10.0. The summed E-state index contributed by atoms with van der Waals surface area (Å²) in [6.07, 6.45) is 3.24. The molecule has 9 heteroatoms. The summed E-state index contributed by atoms with van der Waals surface area (Å²) in [5.74, 6) is 1.83. The van der Waals surface area contributed by atoms with Crippen molar-refractivity contribution in [1.29, 1.82) is 0 Å². The van der Waals surface area contributed by atoms with Gasteiger partial charge in [0.2, 0.25) is 5.91 Å². The summed E-state index contributed by atoms with van der Waals surface area (Å²) in [5, 5.41) is 6.65. The van der Waals surface area contributed by atoms with Crippen LogP contribution in [0, 0.1) is 19.8 Å². The first-order chi connectivity index (χ1) is 16.9. The summed E-state index contributed by atoms with van der Waals surface area (Å²) >= 11 is 6.80. The number of carbonyl (C=O) groups is 2. The minimum absolute atomic E-state index is 0.0142. The summed E-state index contributed by atoms with van der Waals surface area (Å²) < 4.78 is 5.22.